The van der Waals surface area contributed by atoms with Crippen molar-refractivity contribution in [2.45, 2.75) is 50.7 Å². The predicted octanol–water partition coefficient (Wildman–Crippen LogP) is 0.312. The molecule has 0 amide bonds. The summed E-state index contributed by atoms with van der Waals surface area (Å²) in [5, 5.41) is 23.3. The second-order valence-corrected chi connectivity index (χ2v) is 7.77. The third-order valence-electron chi connectivity index (χ3n) is 5.41. The fourth-order valence-corrected chi connectivity index (χ4v) is 3.75. The van der Waals surface area contributed by atoms with Crippen LogP contribution >= 0.6 is 0 Å². The van der Waals surface area contributed by atoms with Crippen molar-refractivity contribution in [1.29, 1.82) is 0 Å². The molecule has 4 rings (SSSR count). The fourth-order valence-electron chi connectivity index (χ4n) is 3.75. The van der Waals surface area contributed by atoms with Crippen LogP contribution in [-0.2, 0) is 17.0 Å². The normalized spacial score (nSPS) is 27.0. The monoisotopic (exact) mass is 402 g/mol. The van der Waals surface area contributed by atoms with Crippen LogP contribution in [0.5, 0.6) is 0 Å². The summed E-state index contributed by atoms with van der Waals surface area (Å²) < 4.78 is 9.80. The van der Waals surface area contributed by atoms with Crippen molar-refractivity contribution in [3.05, 3.63) is 25.0 Å². The van der Waals surface area contributed by atoms with Crippen LogP contribution < -0.4 is 11.1 Å². The van der Waals surface area contributed by atoms with E-state index in [4.69, 9.17) is 10.5 Å². The third-order valence-corrected chi connectivity index (χ3v) is 5.41. The number of aryl methyl sites for hydroxylation is 1. The number of aromatic nitrogens is 6. The average molecular weight is 402 g/mol. The molecule has 1 aliphatic heterocycles. The SMILES string of the molecule is CC1(CO)OC(C)(n2cnc3c(NCCCn4ccnc4)nc(N)nc32)CC1O. The summed E-state index contributed by atoms with van der Waals surface area (Å²) in [5.41, 5.74) is 5.03. The number of anilines is 2. The lowest BCUT2D eigenvalue weighted by molar-refractivity contribution is -0.159. The minimum atomic E-state index is -1.06. The van der Waals surface area contributed by atoms with Gasteiger partial charge < -0.3 is 30.6 Å². The second kappa shape index (κ2) is 7.25. The number of ether oxygens (including phenoxy) is 1. The molecule has 11 heteroatoms. The van der Waals surface area contributed by atoms with E-state index in [2.05, 4.69) is 25.3 Å². The first-order valence-electron chi connectivity index (χ1n) is 9.54. The van der Waals surface area contributed by atoms with Crippen LogP contribution in [0.25, 0.3) is 11.2 Å². The number of aliphatic hydroxyl groups is 2. The van der Waals surface area contributed by atoms with Gasteiger partial charge in [-0.05, 0) is 20.3 Å². The van der Waals surface area contributed by atoms with Crippen LogP contribution in [0.3, 0.4) is 0 Å². The number of aliphatic hydroxyl groups excluding tert-OH is 2. The molecular formula is C18H26N8O3. The molecule has 1 fully saturated rings. The van der Waals surface area contributed by atoms with Crippen molar-refractivity contribution in [1.82, 2.24) is 29.1 Å². The Morgan fingerprint density at radius 3 is 2.86 bits per heavy atom. The summed E-state index contributed by atoms with van der Waals surface area (Å²) in [6, 6.07) is 0. The van der Waals surface area contributed by atoms with E-state index in [-0.39, 0.29) is 19.0 Å². The maximum atomic E-state index is 10.4. The Hall–Kier alpha value is -2.76. The number of nitrogens with zero attached hydrogens (tertiary/aromatic N) is 6. The third kappa shape index (κ3) is 3.52. The van der Waals surface area contributed by atoms with E-state index in [1.807, 2.05) is 17.7 Å². The molecule has 3 aromatic rings. The Morgan fingerprint density at radius 2 is 2.17 bits per heavy atom. The predicted molar refractivity (Wildman–Crippen MR) is 106 cm³/mol. The van der Waals surface area contributed by atoms with Crippen LogP contribution in [0.2, 0.25) is 0 Å². The van der Waals surface area contributed by atoms with Gasteiger partial charge in [0.25, 0.3) is 0 Å². The molecule has 156 valence electrons. The smallest absolute Gasteiger partial charge is 0.224 e. The first kappa shape index (κ1) is 19.6. The summed E-state index contributed by atoms with van der Waals surface area (Å²) >= 11 is 0. The molecule has 0 spiro atoms. The van der Waals surface area contributed by atoms with Gasteiger partial charge in [0, 0.05) is 31.9 Å². The molecular weight excluding hydrogens is 376 g/mol. The zero-order valence-corrected chi connectivity index (χ0v) is 16.5. The minimum absolute atomic E-state index is 0.114. The highest BCUT2D eigenvalue weighted by molar-refractivity contribution is 5.84. The summed E-state index contributed by atoms with van der Waals surface area (Å²) in [6.45, 7) is 4.71. The molecule has 3 unspecified atom stereocenters. The quantitative estimate of drug-likeness (QED) is 0.410. The molecule has 1 saturated heterocycles. The number of fused-ring (bicyclic) bond motifs is 1. The van der Waals surface area contributed by atoms with E-state index < -0.39 is 17.4 Å². The molecule has 5 N–H and O–H groups in total. The Balaban J connectivity index is 1.57. The summed E-state index contributed by atoms with van der Waals surface area (Å²) in [6.07, 6.45) is 7.37. The first-order valence-corrected chi connectivity index (χ1v) is 9.54. The van der Waals surface area contributed by atoms with Crippen LogP contribution in [-0.4, -0.2) is 64.1 Å². The number of nitrogens with one attached hydrogen (secondary N) is 1. The standard InChI is InChI=1S/C18H26N8O3/c1-17(9-27)12(28)8-18(2,29-17)26-11-22-13-14(23-16(19)24-15(13)26)21-4-3-6-25-7-5-20-10-25/h5,7,10-12,27-28H,3-4,6,8-9H2,1-2H3,(H3,19,21,23,24). The second-order valence-electron chi connectivity index (χ2n) is 7.77. The molecule has 1 aliphatic rings. The number of hydrogen-bond donors (Lipinski definition) is 4. The van der Waals surface area contributed by atoms with Gasteiger partial charge in [0.2, 0.25) is 5.95 Å². The van der Waals surface area contributed by atoms with Crippen LogP contribution in [0.15, 0.2) is 25.0 Å². The molecule has 4 heterocycles. The number of nitrogen functional groups attached to an aromatic ring is 1. The maximum absolute atomic E-state index is 10.4. The molecule has 0 bridgehead atoms. The van der Waals surface area contributed by atoms with E-state index in [1.165, 1.54) is 0 Å². The zero-order valence-electron chi connectivity index (χ0n) is 16.5. The molecule has 0 radical (unpaired) electrons. The van der Waals surface area contributed by atoms with Gasteiger partial charge in [-0.15, -0.1) is 0 Å². The lowest BCUT2D eigenvalue weighted by atomic mass is 9.99. The van der Waals surface area contributed by atoms with Crippen LogP contribution in [0, 0.1) is 0 Å². The molecule has 3 atom stereocenters. The topological polar surface area (TPSA) is 149 Å². The molecule has 0 saturated carbocycles. The Labute approximate surface area is 167 Å². The van der Waals surface area contributed by atoms with Gasteiger partial charge in [0.05, 0.1) is 25.4 Å². The summed E-state index contributed by atoms with van der Waals surface area (Å²) in [5.74, 6) is 0.660. The fraction of sp³-hybridized carbons (Fsp3) is 0.556. The average Bonchev–Trinajstić information content (AvgIpc) is 3.38. The van der Waals surface area contributed by atoms with Gasteiger partial charge in [-0.3, -0.25) is 4.57 Å². The molecule has 29 heavy (non-hydrogen) atoms. The van der Waals surface area contributed by atoms with Crippen LogP contribution in [0.1, 0.15) is 26.7 Å². The number of imidazole rings is 2. The van der Waals surface area contributed by atoms with E-state index >= 15 is 0 Å². The van der Waals surface area contributed by atoms with Gasteiger partial charge in [-0.1, -0.05) is 0 Å². The Morgan fingerprint density at radius 1 is 1.34 bits per heavy atom. The van der Waals surface area contributed by atoms with Gasteiger partial charge in [0.15, 0.2) is 17.0 Å². The number of rotatable bonds is 7. The highest BCUT2D eigenvalue weighted by Gasteiger charge is 2.52. The number of hydrogen-bond acceptors (Lipinski definition) is 9. The zero-order chi connectivity index (χ0) is 20.6. The molecule has 3 aromatic heterocycles. The highest BCUT2D eigenvalue weighted by atomic mass is 16.6. The molecule has 11 nitrogen and oxygen atoms in total. The van der Waals surface area contributed by atoms with Gasteiger partial charge in [-0.25, -0.2) is 9.97 Å². The molecule has 0 aliphatic carbocycles. The minimum Gasteiger partial charge on any atom is -0.393 e. The number of nitrogens with two attached hydrogens (primary N) is 1. The van der Waals surface area contributed by atoms with Gasteiger partial charge in [-0.2, -0.15) is 9.97 Å². The van der Waals surface area contributed by atoms with Crippen molar-refractivity contribution in [2.75, 3.05) is 24.2 Å². The van der Waals surface area contributed by atoms with Crippen LogP contribution in [0.4, 0.5) is 11.8 Å². The summed E-state index contributed by atoms with van der Waals surface area (Å²) in [4.78, 5) is 17.1. The Bertz CT molecular complexity index is 991. The van der Waals surface area contributed by atoms with Gasteiger partial charge >= 0.3 is 0 Å². The largest absolute Gasteiger partial charge is 0.393 e. The summed E-state index contributed by atoms with van der Waals surface area (Å²) in [7, 11) is 0. The highest BCUT2D eigenvalue weighted by Crippen LogP contribution is 2.42. The van der Waals surface area contributed by atoms with E-state index in [0.29, 0.717) is 23.5 Å². The first-order chi connectivity index (χ1) is 13.8. The van der Waals surface area contributed by atoms with E-state index in [0.717, 1.165) is 13.0 Å². The van der Waals surface area contributed by atoms with Crippen molar-refractivity contribution in [3.8, 4) is 0 Å². The van der Waals surface area contributed by atoms with E-state index in [1.54, 1.807) is 30.3 Å². The van der Waals surface area contributed by atoms with Gasteiger partial charge in [0.1, 0.15) is 11.3 Å². The van der Waals surface area contributed by atoms with Crippen molar-refractivity contribution in [3.63, 3.8) is 0 Å². The van der Waals surface area contributed by atoms with E-state index in [9.17, 15) is 10.2 Å². The van der Waals surface area contributed by atoms with Crippen molar-refractivity contribution in [2.24, 2.45) is 0 Å². The maximum Gasteiger partial charge on any atom is 0.224 e. The Kier molecular flexibility index (Phi) is 4.89. The lowest BCUT2D eigenvalue weighted by Crippen LogP contribution is -2.41. The van der Waals surface area contributed by atoms with Crippen molar-refractivity contribution >= 4 is 22.9 Å². The molecule has 0 aromatic carbocycles. The van der Waals surface area contributed by atoms with Crippen molar-refractivity contribution < 1.29 is 14.9 Å². The lowest BCUT2D eigenvalue weighted by Gasteiger charge is -2.30.